The molecular weight excluding hydrogens is 284 g/mol. The van der Waals surface area contributed by atoms with Crippen LogP contribution in [-0.4, -0.2) is 17.1 Å². The number of thiophene rings is 1. The molecule has 0 aliphatic carbocycles. The summed E-state index contributed by atoms with van der Waals surface area (Å²) in [7, 11) is 1.64. The number of nitrogens with zero attached hydrogens (tertiary/aromatic N) is 1. The van der Waals surface area contributed by atoms with Crippen LogP contribution in [0.1, 0.15) is 23.2 Å². The van der Waals surface area contributed by atoms with Gasteiger partial charge in [-0.15, -0.1) is 11.3 Å². The van der Waals surface area contributed by atoms with Crippen LogP contribution in [0.4, 0.5) is 0 Å². The molecule has 0 radical (unpaired) electrons. The first-order chi connectivity index (χ1) is 10.2. The van der Waals surface area contributed by atoms with E-state index in [0.717, 1.165) is 22.6 Å². The third-order valence-corrected chi connectivity index (χ3v) is 4.55. The molecule has 0 aliphatic heterocycles. The summed E-state index contributed by atoms with van der Waals surface area (Å²) in [6.07, 6.45) is 1.53. The minimum Gasteiger partial charge on any atom is -0.497 e. The molecule has 2 heterocycles. The largest absolute Gasteiger partial charge is 0.497 e. The van der Waals surface area contributed by atoms with Crippen molar-refractivity contribution in [2.24, 2.45) is 0 Å². The van der Waals surface area contributed by atoms with Crippen LogP contribution < -0.4 is 10.3 Å². The van der Waals surface area contributed by atoms with E-state index in [1.165, 1.54) is 4.88 Å². The Morgan fingerprint density at radius 3 is 2.71 bits per heavy atom. The van der Waals surface area contributed by atoms with Gasteiger partial charge < -0.3 is 9.72 Å². The van der Waals surface area contributed by atoms with E-state index in [-0.39, 0.29) is 5.56 Å². The number of nitrogens with one attached hydrogen (secondary N) is 1. The highest BCUT2D eigenvalue weighted by Crippen LogP contribution is 2.22. The van der Waals surface area contributed by atoms with Crippen molar-refractivity contribution >= 4 is 21.6 Å². The number of H-pyrrole nitrogens is 1. The van der Waals surface area contributed by atoms with Gasteiger partial charge in [-0.25, -0.2) is 4.98 Å². The summed E-state index contributed by atoms with van der Waals surface area (Å²) in [5, 5.41) is 0.690. The molecule has 0 saturated carbocycles. The highest BCUT2D eigenvalue weighted by molar-refractivity contribution is 7.18. The molecule has 3 rings (SSSR count). The van der Waals surface area contributed by atoms with Gasteiger partial charge in [0.15, 0.2) is 0 Å². The number of aryl methyl sites for hydroxylation is 1. The number of aromatic amines is 1. The Morgan fingerprint density at radius 1 is 1.29 bits per heavy atom. The average molecular weight is 300 g/mol. The zero-order valence-electron chi connectivity index (χ0n) is 12.0. The van der Waals surface area contributed by atoms with Crippen molar-refractivity contribution < 1.29 is 4.74 Å². The number of hydrogen-bond donors (Lipinski definition) is 1. The predicted molar refractivity (Wildman–Crippen MR) is 85.4 cm³/mol. The van der Waals surface area contributed by atoms with Crippen molar-refractivity contribution in [3.8, 4) is 5.75 Å². The van der Waals surface area contributed by atoms with Gasteiger partial charge in [0.2, 0.25) is 0 Å². The molecule has 0 atom stereocenters. The van der Waals surface area contributed by atoms with Gasteiger partial charge in [0.25, 0.3) is 5.56 Å². The van der Waals surface area contributed by atoms with Gasteiger partial charge in [-0.05, 0) is 30.2 Å². The summed E-state index contributed by atoms with van der Waals surface area (Å²) >= 11 is 1.59. The predicted octanol–water partition coefficient (Wildman–Crippen LogP) is 3.15. The van der Waals surface area contributed by atoms with E-state index in [9.17, 15) is 4.79 Å². The molecular formula is C16H16N2O2S. The molecule has 0 spiro atoms. The van der Waals surface area contributed by atoms with Crippen molar-refractivity contribution in [3.63, 3.8) is 0 Å². The first-order valence-corrected chi connectivity index (χ1v) is 7.65. The third kappa shape index (κ3) is 2.83. The van der Waals surface area contributed by atoms with Crippen molar-refractivity contribution in [1.29, 1.82) is 0 Å². The standard InChI is InChI=1S/C16H16N2O2S/c1-3-12-9-13-15(19)17-14(18-16(13)21-12)8-10-4-6-11(20-2)7-5-10/h4-7,9H,3,8H2,1-2H3,(H,17,18,19). The molecule has 0 unspecified atom stereocenters. The number of ether oxygens (including phenoxy) is 1. The number of hydrogen-bond acceptors (Lipinski definition) is 4. The third-order valence-electron chi connectivity index (χ3n) is 3.38. The molecule has 1 aromatic carbocycles. The van der Waals surface area contributed by atoms with Crippen LogP contribution in [0.5, 0.6) is 5.75 Å². The Hall–Kier alpha value is -2.14. The Kier molecular flexibility index (Phi) is 3.75. The number of methoxy groups -OCH3 is 1. The highest BCUT2D eigenvalue weighted by Gasteiger charge is 2.08. The molecule has 3 aromatic rings. The fourth-order valence-corrected chi connectivity index (χ4v) is 3.21. The van der Waals surface area contributed by atoms with Gasteiger partial charge in [0.1, 0.15) is 16.4 Å². The lowest BCUT2D eigenvalue weighted by molar-refractivity contribution is 0.414. The maximum atomic E-state index is 12.1. The van der Waals surface area contributed by atoms with Crippen LogP contribution in [0, 0.1) is 0 Å². The molecule has 4 nitrogen and oxygen atoms in total. The summed E-state index contributed by atoms with van der Waals surface area (Å²) in [6, 6.07) is 9.71. The van der Waals surface area contributed by atoms with Crippen LogP contribution in [0.15, 0.2) is 35.1 Å². The van der Waals surface area contributed by atoms with Crippen LogP contribution in [0.25, 0.3) is 10.2 Å². The quantitative estimate of drug-likeness (QED) is 0.805. The second-order valence-electron chi connectivity index (χ2n) is 4.82. The van der Waals surface area contributed by atoms with Crippen molar-refractivity contribution in [1.82, 2.24) is 9.97 Å². The van der Waals surface area contributed by atoms with Gasteiger partial charge in [-0.3, -0.25) is 4.79 Å². The lowest BCUT2D eigenvalue weighted by Gasteiger charge is -2.03. The Balaban J connectivity index is 1.94. The SMILES string of the molecule is CCc1cc2c(=O)[nH]c(Cc3ccc(OC)cc3)nc2s1. The van der Waals surface area contributed by atoms with E-state index in [1.54, 1.807) is 18.4 Å². The van der Waals surface area contributed by atoms with E-state index in [2.05, 4.69) is 16.9 Å². The molecule has 108 valence electrons. The van der Waals surface area contributed by atoms with Gasteiger partial charge in [0, 0.05) is 11.3 Å². The number of rotatable bonds is 4. The average Bonchev–Trinajstić information content (AvgIpc) is 2.92. The van der Waals surface area contributed by atoms with Crippen LogP contribution in [-0.2, 0) is 12.8 Å². The molecule has 2 aromatic heterocycles. The van der Waals surface area contributed by atoms with Gasteiger partial charge in [-0.1, -0.05) is 19.1 Å². The van der Waals surface area contributed by atoms with E-state index < -0.39 is 0 Å². The van der Waals surface area contributed by atoms with Crippen molar-refractivity contribution in [3.05, 3.63) is 57.0 Å². The Morgan fingerprint density at radius 2 is 2.05 bits per heavy atom. The maximum Gasteiger partial charge on any atom is 0.259 e. The fraction of sp³-hybridized carbons (Fsp3) is 0.250. The molecule has 1 N–H and O–H groups in total. The molecule has 5 heteroatoms. The monoisotopic (exact) mass is 300 g/mol. The van der Waals surface area contributed by atoms with Gasteiger partial charge in [0.05, 0.1) is 12.5 Å². The van der Waals surface area contributed by atoms with E-state index in [0.29, 0.717) is 17.6 Å². The zero-order chi connectivity index (χ0) is 14.8. The molecule has 0 aliphatic rings. The Labute approximate surface area is 126 Å². The first-order valence-electron chi connectivity index (χ1n) is 6.84. The second-order valence-corrected chi connectivity index (χ2v) is 5.94. The van der Waals surface area contributed by atoms with E-state index >= 15 is 0 Å². The minimum atomic E-state index is -0.0561. The smallest absolute Gasteiger partial charge is 0.259 e. The number of benzene rings is 1. The van der Waals surface area contributed by atoms with Gasteiger partial charge >= 0.3 is 0 Å². The Bertz CT molecular complexity index is 818. The molecule has 0 fully saturated rings. The summed E-state index contributed by atoms with van der Waals surface area (Å²) in [5.41, 5.74) is 1.03. The summed E-state index contributed by atoms with van der Waals surface area (Å²) < 4.78 is 5.14. The van der Waals surface area contributed by atoms with Crippen molar-refractivity contribution in [2.45, 2.75) is 19.8 Å². The molecule has 21 heavy (non-hydrogen) atoms. The summed E-state index contributed by atoms with van der Waals surface area (Å²) in [4.78, 5) is 21.6. The molecule has 0 amide bonds. The van der Waals surface area contributed by atoms with Crippen LogP contribution in [0.3, 0.4) is 0 Å². The maximum absolute atomic E-state index is 12.1. The molecule has 0 bridgehead atoms. The lowest BCUT2D eigenvalue weighted by atomic mass is 10.1. The zero-order valence-corrected chi connectivity index (χ0v) is 12.8. The normalized spacial score (nSPS) is 11.0. The fourth-order valence-electron chi connectivity index (χ4n) is 2.22. The summed E-state index contributed by atoms with van der Waals surface area (Å²) in [5.74, 6) is 1.52. The number of aromatic nitrogens is 2. The minimum absolute atomic E-state index is 0.0561. The van der Waals surface area contributed by atoms with Crippen molar-refractivity contribution in [2.75, 3.05) is 7.11 Å². The van der Waals surface area contributed by atoms with Crippen LogP contribution >= 0.6 is 11.3 Å². The first kappa shape index (κ1) is 13.8. The summed E-state index contributed by atoms with van der Waals surface area (Å²) in [6.45, 7) is 2.08. The van der Waals surface area contributed by atoms with Crippen LogP contribution in [0.2, 0.25) is 0 Å². The second kappa shape index (κ2) is 5.69. The molecule has 0 saturated heterocycles. The van der Waals surface area contributed by atoms with E-state index in [4.69, 9.17) is 4.74 Å². The van der Waals surface area contributed by atoms with E-state index in [1.807, 2.05) is 30.3 Å². The topological polar surface area (TPSA) is 55.0 Å². The number of fused-ring (bicyclic) bond motifs is 1. The van der Waals surface area contributed by atoms with Gasteiger partial charge in [-0.2, -0.15) is 0 Å². The lowest BCUT2D eigenvalue weighted by Crippen LogP contribution is -2.10. The highest BCUT2D eigenvalue weighted by atomic mass is 32.1.